The first-order valence-electron chi connectivity index (χ1n) is 10.4. The fraction of sp³-hybridized carbons (Fsp3) is 0.0357. The van der Waals surface area contributed by atoms with Gasteiger partial charge in [0.2, 0.25) is 0 Å². The van der Waals surface area contributed by atoms with E-state index in [1.54, 1.807) is 0 Å². The summed E-state index contributed by atoms with van der Waals surface area (Å²) in [7, 11) is 0. The molecule has 0 amide bonds. The Hall–Kier alpha value is -2.99. The molecular weight excluding hydrogens is 417 g/mol. The Kier molecular flexibility index (Phi) is 4.89. The zero-order chi connectivity index (χ0) is 21.3. The normalized spacial score (nSPS) is 12.9. The van der Waals surface area contributed by atoms with Crippen LogP contribution in [0.2, 0.25) is 5.02 Å². The van der Waals surface area contributed by atoms with Gasteiger partial charge in [-0.3, -0.25) is 0 Å². The molecule has 0 atom stereocenters. The summed E-state index contributed by atoms with van der Waals surface area (Å²) in [6.07, 6.45) is 0. The number of hydrogen-bond donors (Lipinski definition) is 0. The summed E-state index contributed by atoms with van der Waals surface area (Å²) in [6, 6.07) is 42.8. The van der Waals surface area contributed by atoms with Gasteiger partial charge in [0.25, 0.3) is 0 Å². The molecule has 152 valence electrons. The zero-order valence-electron chi connectivity index (χ0n) is 17.3. The fourth-order valence-corrected chi connectivity index (χ4v) is 10.0. The van der Waals surface area contributed by atoms with Crippen LogP contribution >= 0.6 is 18.2 Å². The number of pyridine rings is 1. The van der Waals surface area contributed by atoms with E-state index in [9.17, 15) is 0 Å². The van der Waals surface area contributed by atoms with Crippen LogP contribution < -0.4 is 21.3 Å². The van der Waals surface area contributed by atoms with Crippen molar-refractivity contribution in [2.24, 2.45) is 0 Å². The molecule has 0 spiro atoms. The quantitative estimate of drug-likeness (QED) is 0.329. The summed E-state index contributed by atoms with van der Waals surface area (Å²) in [5.41, 5.74) is 2.01. The van der Waals surface area contributed by atoms with Crippen molar-refractivity contribution in [1.29, 1.82) is 0 Å². The molecule has 1 nitrogen and oxygen atoms in total. The van der Waals surface area contributed by atoms with Gasteiger partial charge in [0.15, 0.2) is 0 Å². The number of aromatic nitrogens is 1. The van der Waals surface area contributed by atoms with Crippen LogP contribution in [0.25, 0.3) is 10.9 Å². The Labute approximate surface area is 188 Å². The van der Waals surface area contributed by atoms with E-state index < -0.39 is 6.60 Å². The van der Waals surface area contributed by atoms with Gasteiger partial charge in [-0.25, -0.2) is 0 Å². The van der Waals surface area contributed by atoms with Gasteiger partial charge in [-0.1, -0.05) is 0 Å². The number of halogens is 1. The van der Waals surface area contributed by atoms with E-state index in [0.717, 1.165) is 16.3 Å². The first kappa shape index (κ1) is 19.9. The van der Waals surface area contributed by atoms with Crippen LogP contribution in [0, 0.1) is 0 Å². The molecule has 5 rings (SSSR count). The second-order valence-electron chi connectivity index (χ2n) is 8.08. The van der Waals surface area contributed by atoms with Crippen molar-refractivity contribution >= 4 is 50.5 Å². The number of rotatable bonds is 4. The summed E-state index contributed by atoms with van der Waals surface area (Å²) < 4.78 is 0. The fourth-order valence-electron chi connectivity index (χ4n) is 4.64. The molecule has 1 aromatic heterocycles. The van der Waals surface area contributed by atoms with Crippen LogP contribution in [-0.4, -0.2) is 11.6 Å². The third-order valence-electron chi connectivity index (χ3n) is 6.42. The summed E-state index contributed by atoms with van der Waals surface area (Å²) in [4.78, 5) is 5.28. The van der Waals surface area contributed by atoms with E-state index in [-0.39, 0.29) is 0 Å². The van der Waals surface area contributed by atoms with Gasteiger partial charge >= 0.3 is 188 Å². The first-order chi connectivity index (χ1) is 15.1. The predicted molar refractivity (Wildman–Crippen MR) is 137 cm³/mol. The number of fused-ring (bicyclic) bond motifs is 1. The van der Waals surface area contributed by atoms with Crippen LogP contribution in [0.15, 0.2) is 121 Å². The molecule has 0 aliphatic rings. The van der Waals surface area contributed by atoms with Crippen molar-refractivity contribution in [2.45, 2.75) is 0 Å². The van der Waals surface area contributed by atoms with Crippen LogP contribution in [0.3, 0.4) is 0 Å². The SMILES string of the molecule is CP(c1ccccc1)(c1ccccc1)(c1ccccc1)c1ccc2ccc(Cl)cc2n1. The molecule has 0 saturated heterocycles. The zero-order valence-corrected chi connectivity index (χ0v) is 19.0. The molecule has 3 heteroatoms. The topological polar surface area (TPSA) is 12.9 Å². The molecule has 31 heavy (non-hydrogen) atoms. The number of nitrogens with zero attached hydrogens (tertiary/aromatic N) is 1. The van der Waals surface area contributed by atoms with Gasteiger partial charge in [0.05, 0.1) is 0 Å². The maximum atomic E-state index is 6.34. The maximum absolute atomic E-state index is 6.34. The van der Waals surface area contributed by atoms with Gasteiger partial charge in [-0.2, -0.15) is 0 Å². The molecular formula is C28H23ClNP. The van der Waals surface area contributed by atoms with E-state index in [0.29, 0.717) is 5.02 Å². The predicted octanol–water partition coefficient (Wildman–Crippen LogP) is 5.67. The summed E-state index contributed by atoms with van der Waals surface area (Å²) in [6.45, 7) is -0.691. The van der Waals surface area contributed by atoms with E-state index in [2.05, 4.69) is 110 Å². The van der Waals surface area contributed by atoms with Crippen LogP contribution in [0.5, 0.6) is 0 Å². The molecule has 0 unspecified atom stereocenters. The Bertz CT molecular complexity index is 1250. The Balaban J connectivity index is 1.99. The number of hydrogen-bond acceptors (Lipinski definition) is 1. The second-order valence-corrected chi connectivity index (χ2v) is 13.7. The average Bonchev–Trinajstić information content (AvgIpc) is 2.85. The van der Waals surface area contributed by atoms with Crippen LogP contribution in [-0.2, 0) is 0 Å². The monoisotopic (exact) mass is 439 g/mol. The standard InChI is InChI=1S/C28H23ClNP/c1-31(24-11-5-2-6-12-24,25-13-7-3-8-14-25,26-15-9-4-10-16-26)28-20-18-22-17-19-23(29)21-27(22)30-28/h2-21H,1H3. The van der Waals surface area contributed by atoms with Crippen LogP contribution in [0.4, 0.5) is 0 Å². The molecule has 0 saturated carbocycles. The minimum absolute atomic E-state index is 0.702. The van der Waals surface area contributed by atoms with Gasteiger partial charge < -0.3 is 0 Å². The molecule has 5 aromatic rings. The molecule has 0 fully saturated rings. The molecule has 0 N–H and O–H groups in total. The van der Waals surface area contributed by atoms with Crippen molar-refractivity contribution in [1.82, 2.24) is 4.98 Å². The Morgan fingerprint density at radius 2 is 1.03 bits per heavy atom. The third-order valence-corrected chi connectivity index (χ3v) is 12.8. The Morgan fingerprint density at radius 1 is 0.581 bits per heavy atom. The van der Waals surface area contributed by atoms with Crippen molar-refractivity contribution in [3.63, 3.8) is 0 Å². The summed E-state index contributed by atoms with van der Waals surface area (Å²) >= 11 is 6.34. The van der Waals surface area contributed by atoms with E-state index in [1.165, 1.54) is 15.9 Å². The van der Waals surface area contributed by atoms with Gasteiger partial charge in [-0.15, -0.1) is 0 Å². The molecule has 4 aromatic carbocycles. The van der Waals surface area contributed by atoms with E-state index in [4.69, 9.17) is 16.6 Å². The van der Waals surface area contributed by atoms with Gasteiger partial charge in [0, 0.05) is 0 Å². The van der Waals surface area contributed by atoms with Gasteiger partial charge in [0.1, 0.15) is 0 Å². The number of benzene rings is 4. The summed E-state index contributed by atoms with van der Waals surface area (Å²) in [5, 5.41) is 5.67. The van der Waals surface area contributed by atoms with Gasteiger partial charge in [-0.05, 0) is 0 Å². The average molecular weight is 440 g/mol. The minimum atomic E-state index is -3.11. The van der Waals surface area contributed by atoms with E-state index >= 15 is 0 Å². The van der Waals surface area contributed by atoms with Crippen LogP contribution in [0.1, 0.15) is 0 Å². The molecule has 1 heterocycles. The molecule has 0 bridgehead atoms. The van der Waals surface area contributed by atoms with Crippen molar-refractivity contribution in [3.8, 4) is 0 Å². The third kappa shape index (κ3) is 3.00. The molecule has 0 radical (unpaired) electrons. The van der Waals surface area contributed by atoms with Crippen molar-refractivity contribution in [2.75, 3.05) is 6.66 Å². The molecule has 0 aliphatic heterocycles. The second kappa shape index (κ2) is 7.61. The van der Waals surface area contributed by atoms with Crippen molar-refractivity contribution < 1.29 is 0 Å². The Morgan fingerprint density at radius 3 is 1.52 bits per heavy atom. The summed E-state index contributed by atoms with van der Waals surface area (Å²) in [5.74, 6) is 0. The van der Waals surface area contributed by atoms with Crippen molar-refractivity contribution in [3.05, 3.63) is 126 Å². The first-order valence-corrected chi connectivity index (χ1v) is 13.4. The van der Waals surface area contributed by atoms with E-state index in [1.807, 2.05) is 18.2 Å². The molecule has 0 aliphatic carbocycles.